The lowest BCUT2D eigenvalue weighted by molar-refractivity contribution is -0.155. The van der Waals surface area contributed by atoms with E-state index in [9.17, 15) is 9.59 Å². The van der Waals surface area contributed by atoms with Crippen molar-refractivity contribution in [2.24, 2.45) is 17.8 Å². The van der Waals surface area contributed by atoms with Gasteiger partial charge in [-0.3, -0.25) is 9.59 Å². The Morgan fingerprint density at radius 1 is 1.07 bits per heavy atom. The van der Waals surface area contributed by atoms with Crippen LogP contribution in [0.3, 0.4) is 0 Å². The highest BCUT2D eigenvalue weighted by Gasteiger charge is 2.38. The minimum Gasteiger partial charge on any atom is -0.481 e. The minimum atomic E-state index is -0.967. The second kappa shape index (κ2) is 4.44. The third-order valence-corrected chi connectivity index (χ3v) is 3.07. The molecule has 1 rings (SSSR count). The summed E-state index contributed by atoms with van der Waals surface area (Å²) in [5.74, 6) is -3.38. The van der Waals surface area contributed by atoms with Crippen molar-refractivity contribution < 1.29 is 19.8 Å². The van der Waals surface area contributed by atoms with Gasteiger partial charge < -0.3 is 10.2 Å². The smallest absolute Gasteiger partial charge is 0.307 e. The van der Waals surface area contributed by atoms with Crippen molar-refractivity contribution in [1.82, 2.24) is 0 Å². The Labute approximate surface area is 82.9 Å². The van der Waals surface area contributed by atoms with Crippen LogP contribution in [-0.4, -0.2) is 22.2 Å². The van der Waals surface area contributed by atoms with E-state index < -0.39 is 23.8 Å². The van der Waals surface area contributed by atoms with Gasteiger partial charge in [0.05, 0.1) is 11.8 Å². The molecule has 1 saturated carbocycles. The average molecular weight is 200 g/mol. The van der Waals surface area contributed by atoms with Crippen LogP contribution >= 0.6 is 0 Å². The average Bonchev–Trinajstić information content (AvgIpc) is 2.26. The summed E-state index contributed by atoms with van der Waals surface area (Å²) in [5, 5.41) is 17.9. The molecule has 0 heterocycles. The van der Waals surface area contributed by atoms with Gasteiger partial charge in [-0.15, -0.1) is 0 Å². The highest BCUT2D eigenvalue weighted by atomic mass is 16.4. The molecule has 4 heteroatoms. The van der Waals surface area contributed by atoms with Gasteiger partial charge in [0.1, 0.15) is 0 Å². The van der Waals surface area contributed by atoms with Crippen LogP contribution < -0.4 is 0 Å². The van der Waals surface area contributed by atoms with Gasteiger partial charge in [-0.2, -0.15) is 0 Å². The molecular formula is C10H16O4. The first kappa shape index (κ1) is 11.0. The standard InChI is InChI=1S/C10H16O4/c1-6-4-2-3-5-7(9(11)12)8(6)10(13)14/h6-8H,2-5H2,1H3,(H,11,12)(H,13,14). The van der Waals surface area contributed by atoms with Gasteiger partial charge >= 0.3 is 11.9 Å². The fourth-order valence-corrected chi connectivity index (χ4v) is 2.28. The molecule has 3 atom stereocenters. The number of hydrogen-bond donors (Lipinski definition) is 2. The lowest BCUT2D eigenvalue weighted by atomic mass is 9.81. The van der Waals surface area contributed by atoms with E-state index in [4.69, 9.17) is 10.2 Å². The number of carboxylic acids is 2. The van der Waals surface area contributed by atoms with Crippen LogP contribution in [0.5, 0.6) is 0 Å². The van der Waals surface area contributed by atoms with Crippen molar-refractivity contribution >= 4 is 11.9 Å². The molecule has 1 fully saturated rings. The maximum atomic E-state index is 11.0. The van der Waals surface area contributed by atoms with Gasteiger partial charge in [-0.25, -0.2) is 0 Å². The van der Waals surface area contributed by atoms with Gasteiger partial charge in [0.15, 0.2) is 0 Å². The lowest BCUT2D eigenvalue weighted by Gasteiger charge is -2.22. The van der Waals surface area contributed by atoms with E-state index in [1.165, 1.54) is 0 Å². The summed E-state index contributed by atoms with van der Waals surface area (Å²) in [5.41, 5.74) is 0. The first-order valence-electron chi connectivity index (χ1n) is 4.99. The molecular weight excluding hydrogens is 184 g/mol. The van der Waals surface area contributed by atoms with Crippen LogP contribution in [0.1, 0.15) is 32.6 Å². The number of carbonyl (C=O) groups is 2. The summed E-state index contributed by atoms with van der Waals surface area (Å²) < 4.78 is 0. The Morgan fingerprint density at radius 3 is 2.14 bits per heavy atom. The SMILES string of the molecule is CC1CCCCC(C(=O)O)C1C(=O)O. The molecule has 0 radical (unpaired) electrons. The monoisotopic (exact) mass is 200 g/mol. The summed E-state index contributed by atoms with van der Waals surface area (Å²) in [6.45, 7) is 1.83. The van der Waals surface area contributed by atoms with E-state index in [0.29, 0.717) is 6.42 Å². The first-order valence-corrected chi connectivity index (χ1v) is 4.99. The first-order chi connectivity index (χ1) is 6.54. The normalized spacial score (nSPS) is 33.4. The van der Waals surface area contributed by atoms with E-state index in [2.05, 4.69) is 0 Å². The largest absolute Gasteiger partial charge is 0.481 e. The second-order valence-electron chi connectivity index (χ2n) is 4.07. The molecule has 2 N–H and O–H groups in total. The van der Waals surface area contributed by atoms with E-state index in [1.807, 2.05) is 6.92 Å². The van der Waals surface area contributed by atoms with Crippen molar-refractivity contribution in [3.05, 3.63) is 0 Å². The topological polar surface area (TPSA) is 74.6 Å². The molecule has 3 unspecified atom stereocenters. The van der Waals surface area contributed by atoms with Crippen molar-refractivity contribution in [2.45, 2.75) is 32.6 Å². The van der Waals surface area contributed by atoms with Crippen molar-refractivity contribution in [3.8, 4) is 0 Å². The Morgan fingerprint density at radius 2 is 1.64 bits per heavy atom. The molecule has 80 valence electrons. The molecule has 1 aliphatic rings. The van der Waals surface area contributed by atoms with E-state index in [1.54, 1.807) is 0 Å². The van der Waals surface area contributed by atoms with Crippen LogP contribution in [0.15, 0.2) is 0 Å². The second-order valence-corrected chi connectivity index (χ2v) is 4.07. The molecule has 0 saturated heterocycles. The number of rotatable bonds is 2. The van der Waals surface area contributed by atoms with Crippen molar-refractivity contribution in [3.63, 3.8) is 0 Å². The molecule has 0 aromatic heterocycles. The van der Waals surface area contributed by atoms with Crippen LogP contribution in [-0.2, 0) is 9.59 Å². The maximum absolute atomic E-state index is 11.0. The Balaban J connectivity index is 2.86. The fourth-order valence-electron chi connectivity index (χ4n) is 2.28. The van der Waals surface area contributed by atoms with Crippen LogP contribution in [0.25, 0.3) is 0 Å². The molecule has 0 aromatic carbocycles. The molecule has 0 spiro atoms. The molecule has 0 aromatic rings. The summed E-state index contributed by atoms with van der Waals surface area (Å²) in [4.78, 5) is 21.9. The van der Waals surface area contributed by atoms with Crippen molar-refractivity contribution in [2.75, 3.05) is 0 Å². The molecule has 0 aliphatic heterocycles. The summed E-state index contributed by atoms with van der Waals surface area (Å²) in [7, 11) is 0. The predicted molar refractivity (Wildman–Crippen MR) is 49.9 cm³/mol. The Kier molecular flexibility index (Phi) is 3.49. The van der Waals surface area contributed by atoms with E-state index in [-0.39, 0.29) is 5.92 Å². The Hall–Kier alpha value is -1.06. The van der Waals surface area contributed by atoms with Gasteiger partial charge in [0, 0.05) is 0 Å². The van der Waals surface area contributed by atoms with Gasteiger partial charge in [0.2, 0.25) is 0 Å². The van der Waals surface area contributed by atoms with Gasteiger partial charge in [-0.1, -0.05) is 19.8 Å². The highest BCUT2D eigenvalue weighted by Crippen LogP contribution is 2.33. The maximum Gasteiger partial charge on any atom is 0.307 e. The number of carboxylic acid groups (broad SMARTS) is 2. The summed E-state index contributed by atoms with van der Waals surface area (Å²) in [6, 6.07) is 0. The van der Waals surface area contributed by atoms with E-state index in [0.717, 1.165) is 19.3 Å². The fraction of sp³-hybridized carbons (Fsp3) is 0.800. The molecule has 1 aliphatic carbocycles. The van der Waals surface area contributed by atoms with E-state index >= 15 is 0 Å². The molecule has 0 bridgehead atoms. The van der Waals surface area contributed by atoms with Crippen LogP contribution in [0.4, 0.5) is 0 Å². The summed E-state index contributed by atoms with van der Waals surface area (Å²) in [6.07, 6.45) is 3.08. The van der Waals surface area contributed by atoms with Crippen molar-refractivity contribution in [1.29, 1.82) is 0 Å². The lowest BCUT2D eigenvalue weighted by Crippen LogP contribution is -2.33. The Bertz CT molecular complexity index is 236. The van der Waals surface area contributed by atoms with Crippen LogP contribution in [0.2, 0.25) is 0 Å². The molecule has 14 heavy (non-hydrogen) atoms. The number of hydrogen-bond acceptors (Lipinski definition) is 2. The highest BCUT2D eigenvalue weighted by molar-refractivity contribution is 5.80. The minimum absolute atomic E-state index is 0.0314. The quantitative estimate of drug-likeness (QED) is 0.664. The van der Waals surface area contributed by atoms with Gasteiger partial charge in [0.25, 0.3) is 0 Å². The molecule has 4 nitrogen and oxygen atoms in total. The van der Waals surface area contributed by atoms with Gasteiger partial charge in [-0.05, 0) is 18.8 Å². The third kappa shape index (κ3) is 2.25. The summed E-state index contributed by atoms with van der Waals surface area (Å²) >= 11 is 0. The zero-order valence-corrected chi connectivity index (χ0v) is 8.27. The zero-order valence-electron chi connectivity index (χ0n) is 8.27. The predicted octanol–water partition coefficient (Wildman–Crippen LogP) is 1.60. The number of aliphatic carboxylic acids is 2. The van der Waals surface area contributed by atoms with Crippen LogP contribution in [0, 0.1) is 17.8 Å². The molecule has 0 amide bonds. The third-order valence-electron chi connectivity index (χ3n) is 3.07. The zero-order chi connectivity index (χ0) is 10.7.